The summed E-state index contributed by atoms with van der Waals surface area (Å²) < 4.78 is 0. The third-order valence-electron chi connectivity index (χ3n) is 4.69. The largest absolute Gasteiger partial charge is 0.395 e. The summed E-state index contributed by atoms with van der Waals surface area (Å²) >= 11 is 0. The summed E-state index contributed by atoms with van der Waals surface area (Å²) in [7, 11) is 0. The fraction of sp³-hybridized carbons (Fsp3) is 0.471. The van der Waals surface area contributed by atoms with E-state index in [9.17, 15) is 14.4 Å². The molecule has 2 atom stereocenters. The lowest BCUT2D eigenvalue weighted by molar-refractivity contribution is -0.136. The number of rotatable bonds is 6. The summed E-state index contributed by atoms with van der Waals surface area (Å²) in [5, 5.41) is 14.6. The van der Waals surface area contributed by atoms with Gasteiger partial charge < -0.3 is 21.1 Å². The number of aliphatic hydroxyl groups is 1. The van der Waals surface area contributed by atoms with Crippen LogP contribution >= 0.6 is 0 Å². The first-order valence-electron chi connectivity index (χ1n) is 8.34. The van der Waals surface area contributed by atoms with Gasteiger partial charge in [0.15, 0.2) is 0 Å². The Bertz CT molecular complexity index is 702. The van der Waals surface area contributed by atoms with Crippen molar-refractivity contribution >= 4 is 17.7 Å². The van der Waals surface area contributed by atoms with Gasteiger partial charge in [-0.25, -0.2) is 0 Å². The highest BCUT2D eigenvalue weighted by molar-refractivity contribution is 6.05. The van der Waals surface area contributed by atoms with E-state index < -0.39 is 11.9 Å². The number of amides is 3. The number of hydrogen-bond donors (Lipinski definition) is 4. The van der Waals surface area contributed by atoms with Crippen LogP contribution in [-0.2, 0) is 22.7 Å². The molecule has 0 saturated carbocycles. The van der Waals surface area contributed by atoms with Crippen molar-refractivity contribution in [2.24, 2.45) is 5.73 Å². The number of carbonyl (C=O) groups excluding carboxylic acids is 3. The number of nitrogens with zero attached hydrogens (tertiary/aromatic N) is 1. The minimum absolute atomic E-state index is 0.0385. The van der Waals surface area contributed by atoms with Gasteiger partial charge in [0.2, 0.25) is 11.8 Å². The Hall–Kier alpha value is -2.29. The van der Waals surface area contributed by atoms with E-state index in [-0.39, 0.29) is 30.9 Å². The molecule has 0 radical (unpaired) electrons. The van der Waals surface area contributed by atoms with Gasteiger partial charge in [-0.2, -0.15) is 0 Å². The van der Waals surface area contributed by atoms with Crippen LogP contribution in [0.4, 0.5) is 0 Å². The minimum atomic E-state index is -0.602. The van der Waals surface area contributed by atoms with E-state index in [1.807, 2.05) is 12.1 Å². The van der Waals surface area contributed by atoms with Crippen molar-refractivity contribution in [1.82, 2.24) is 15.5 Å². The molecule has 1 unspecified atom stereocenters. The Morgan fingerprint density at radius 3 is 2.84 bits per heavy atom. The number of carbonyl (C=O) groups is 3. The van der Waals surface area contributed by atoms with Crippen molar-refractivity contribution in [3.63, 3.8) is 0 Å². The molecule has 0 aromatic heterocycles. The van der Waals surface area contributed by atoms with Gasteiger partial charge in [0, 0.05) is 37.7 Å². The number of nitrogens with one attached hydrogen (secondary N) is 2. The monoisotopic (exact) mass is 346 g/mol. The van der Waals surface area contributed by atoms with Crippen LogP contribution in [0.3, 0.4) is 0 Å². The van der Waals surface area contributed by atoms with Gasteiger partial charge >= 0.3 is 0 Å². The van der Waals surface area contributed by atoms with Crippen LogP contribution in [0.2, 0.25) is 0 Å². The maximum Gasteiger partial charge on any atom is 0.255 e. The van der Waals surface area contributed by atoms with Gasteiger partial charge in [-0.15, -0.1) is 0 Å². The lowest BCUT2D eigenvalue weighted by Crippen LogP contribution is -2.52. The Morgan fingerprint density at radius 1 is 1.36 bits per heavy atom. The van der Waals surface area contributed by atoms with Crippen LogP contribution < -0.4 is 16.4 Å². The van der Waals surface area contributed by atoms with E-state index in [2.05, 4.69) is 10.6 Å². The molecule has 3 amide bonds. The number of benzene rings is 1. The summed E-state index contributed by atoms with van der Waals surface area (Å²) in [6.07, 6.45) is 0.598. The van der Waals surface area contributed by atoms with Gasteiger partial charge in [0.05, 0.1) is 6.61 Å². The number of imide groups is 1. The predicted molar refractivity (Wildman–Crippen MR) is 89.3 cm³/mol. The fourth-order valence-corrected chi connectivity index (χ4v) is 3.22. The fourth-order valence-electron chi connectivity index (χ4n) is 3.22. The highest BCUT2D eigenvalue weighted by Crippen LogP contribution is 2.28. The third kappa shape index (κ3) is 3.55. The second kappa shape index (κ2) is 7.30. The van der Waals surface area contributed by atoms with E-state index in [1.165, 1.54) is 4.90 Å². The van der Waals surface area contributed by atoms with Crippen molar-refractivity contribution < 1.29 is 19.5 Å². The second-order valence-electron chi connectivity index (χ2n) is 6.39. The average molecular weight is 346 g/mol. The van der Waals surface area contributed by atoms with Crippen LogP contribution in [0.15, 0.2) is 18.2 Å². The summed E-state index contributed by atoms with van der Waals surface area (Å²) in [6, 6.07) is 4.77. The Labute approximate surface area is 145 Å². The quantitative estimate of drug-likeness (QED) is 0.483. The van der Waals surface area contributed by atoms with Crippen LogP contribution in [-0.4, -0.2) is 53.0 Å². The van der Waals surface area contributed by atoms with Gasteiger partial charge in [-0.1, -0.05) is 12.1 Å². The molecule has 25 heavy (non-hydrogen) atoms. The molecule has 1 aromatic carbocycles. The van der Waals surface area contributed by atoms with E-state index in [4.69, 9.17) is 10.8 Å². The zero-order chi connectivity index (χ0) is 18.0. The Morgan fingerprint density at radius 2 is 2.16 bits per heavy atom. The zero-order valence-electron chi connectivity index (χ0n) is 13.8. The maximum atomic E-state index is 12.6. The summed E-state index contributed by atoms with van der Waals surface area (Å²) in [5.41, 5.74) is 7.97. The molecule has 2 heterocycles. The molecular formula is C17H22N4O4. The topological polar surface area (TPSA) is 125 Å². The highest BCUT2D eigenvalue weighted by Gasteiger charge is 2.38. The van der Waals surface area contributed by atoms with Gasteiger partial charge in [0.25, 0.3) is 5.91 Å². The molecule has 8 nitrogen and oxygen atoms in total. The van der Waals surface area contributed by atoms with Crippen molar-refractivity contribution in [2.45, 2.75) is 38.0 Å². The lowest BCUT2D eigenvalue weighted by Gasteiger charge is -2.29. The zero-order valence-corrected chi connectivity index (χ0v) is 13.8. The van der Waals surface area contributed by atoms with Crippen molar-refractivity contribution in [3.05, 3.63) is 34.9 Å². The Balaban J connectivity index is 1.71. The normalized spacial score (nSPS) is 21.3. The maximum absolute atomic E-state index is 12.6. The lowest BCUT2D eigenvalue weighted by atomic mass is 10.0. The first kappa shape index (κ1) is 17.5. The van der Waals surface area contributed by atoms with E-state index in [1.54, 1.807) is 6.07 Å². The highest BCUT2D eigenvalue weighted by atomic mass is 16.3. The summed E-state index contributed by atoms with van der Waals surface area (Å²) in [5.74, 6) is -0.885. The average Bonchev–Trinajstić information content (AvgIpc) is 2.92. The molecule has 5 N–H and O–H groups in total. The van der Waals surface area contributed by atoms with Gasteiger partial charge in [0.1, 0.15) is 6.04 Å². The molecule has 0 aliphatic carbocycles. The number of hydrogen-bond acceptors (Lipinski definition) is 6. The van der Waals surface area contributed by atoms with Crippen molar-refractivity contribution in [1.29, 1.82) is 0 Å². The number of piperidine rings is 1. The number of fused-ring (bicyclic) bond motifs is 1. The van der Waals surface area contributed by atoms with Crippen LogP contribution in [0, 0.1) is 0 Å². The second-order valence-corrected chi connectivity index (χ2v) is 6.39. The van der Waals surface area contributed by atoms with E-state index >= 15 is 0 Å². The van der Waals surface area contributed by atoms with E-state index in [0.29, 0.717) is 31.6 Å². The van der Waals surface area contributed by atoms with Crippen LogP contribution in [0.25, 0.3) is 0 Å². The molecule has 2 aliphatic heterocycles. The van der Waals surface area contributed by atoms with Crippen LogP contribution in [0.5, 0.6) is 0 Å². The molecule has 134 valence electrons. The molecule has 0 spiro atoms. The van der Waals surface area contributed by atoms with Gasteiger partial charge in [-0.3, -0.25) is 19.7 Å². The summed E-state index contributed by atoms with van der Waals surface area (Å²) in [4.78, 5) is 37.4. The molecule has 2 aliphatic rings. The number of nitrogens with two attached hydrogens (primary N) is 1. The molecule has 8 heteroatoms. The molecule has 3 rings (SSSR count). The van der Waals surface area contributed by atoms with E-state index in [0.717, 1.165) is 11.1 Å². The van der Waals surface area contributed by atoms with Crippen molar-refractivity contribution in [2.75, 3.05) is 13.2 Å². The third-order valence-corrected chi connectivity index (χ3v) is 4.69. The Kier molecular flexibility index (Phi) is 5.12. The van der Waals surface area contributed by atoms with Crippen LogP contribution in [0.1, 0.15) is 34.3 Å². The number of aliphatic hydroxyl groups excluding tert-OH is 1. The molecule has 1 fully saturated rings. The van der Waals surface area contributed by atoms with Gasteiger partial charge in [-0.05, 0) is 23.6 Å². The minimum Gasteiger partial charge on any atom is -0.395 e. The molecule has 0 bridgehead atoms. The SMILES string of the molecule is NC[C@@H](CO)NCc1ccc2c(c1)CN(C1CCC(=O)NC1=O)C2=O. The van der Waals surface area contributed by atoms with Crippen molar-refractivity contribution in [3.8, 4) is 0 Å². The predicted octanol–water partition coefficient (Wildman–Crippen LogP) is -1.14. The molecule has 1 aromatic rings. The standard InChI is InChI=1S/C17H22N4O4/c18-6-12(9-22)19-7-10-1-2-13-11(5-10)8-21(17(13)25)14-3-4-15(23)20-16(14)24/h1-2,5,12,14,19,22H,3-4,6-9,18H2,(H,20,23,24)/t12-,14?/m0/s1. The first-order valence-corrected chi connectivity index (χ1v) is 8.34. The molecular weight excluding hydrogens is 324 g/mol. The summed E-state index contributed by atoms with van der Waals surface area (Å²) in [6.45, 7) is 1.18. The first-order chi connectivity index (χ1) is 12.0. The smallest absolute Gasteiger partial charge is 0.255 e. The molecule has 1 saturated heterocycles.